The molecular weight excluding hydrogens is 188 g/mol. The lowest BCUT2D eigenvalue weighted by Gasteiger charge is -2.17. The highest BCUT2D eigenvalue weighted by atomic mass is 16.5. The first kappa shape index (κ1) is 12.5. The molecule has 0 aromatic carbocycles. The minimum absolute atomic E-state index is 0.245. The molecule has 1 aliphatic carbocycles. The van der Waals surface area contributed by atoms with Gasteiger partial charge in [0.25, 0.3) is 0 Å². The maximum atomic E-state index is 9.24. The molecule has 2 atom stereocenters. The van der Waals surface area contributed by atoms with Gasteiger partial charge in [-0.3, -0.25) is 0 Å². The van der Waals surface area contributed by atoms with E-state index < -0.39 is 0 Å². The Labute approximate surface area is 92.6 Å². The highest BCUT2D eigenvalue weighted by Crippen LogP contribution is 2.17. The van der Waals surface area contributed by atoms with Gasteiger partial charge in [0.1, 0.15) is 0 Å². The Hall–Kier alpha value is -0.600. The molecule has 0 aromatic rings. The second-order valence-corrected chi connectivity index (χ2v) is 4.19. The molecule has 2 heteroatoms. The molecule has 1 N–H and O–H groups in total. The molecule has 0 aromatic heterocycles. The van der Waals surface area contributed by atoms with Crippen molar-refractivity contribution in [2.45, 2.75) is 51.7 Å². The van der Waals surface area contributed by atoms with E-state index >= 15 is 0 Å². The van der Waals surface area contributed by atoms with Crippen LogP contribution in [0.25, 0.3) is 0 Å². The Balaban J connectivity index is 2.23. The first-order valence-electron chi connectivity index (χ1n) is 5.89. The van der Waals surface area contributed by atoms with Crippen LogP contribution in [-0.2, 0) is 4.74 Å². The number of unbranched alkanes of at least 4 members (excludes halogenated alkanes) is 1. The van der Waals surface area contributed by atoms with Gasteiger partial charge in [0, 0.05) is 6.61 Å². The third kappa shape index (κ3) is 5.14. The van der Waals surface area contributed by atoms with Crippen LogP contribution in [0.15, 0.2) is 23.8 Å². The summed E-state index contributed by atoms with van der Waals surface area (Å²) in [5, 5.41) is 9.24. The fourth-order valence-electron chi connectivity index (χ4n) is 1.64. The van der Waals surface area contributed by atoms with Crippen molar-refractivity contribution in [3.8, 4) is 0 Å². The molecular formula is C13H22O2. The van der Waals surface area contributed by atoms with Crippen LogP contribution >= 0.6 is 0 Å². The number of hydrogen-bond acceptors (Lipinski definition) is 2. The number of aliphatic hydroxyl groups excluding tert-OH is 1. The van der Waals surface area contributed by atoms with Gasteiger partial charge in [-0.1, -0.05) is 31.6 Å². The molecule has 0 aliphatic heterocycles. The van der Waals surface area contributed by atoms with Gasteiger partial charge in [0.05, 0.1) is 12.2 Å². The highest BCUT2D eigenvalue weighted by molar-refractivity contribution is 5.24. The van der Waals surface area contributed by atoms with Gasteiger partial charge in [-0.05, 0) is 31.8 Å². The summed E-state index contributed by atoms with van der Waals surface area (Å²) in [5.74, 6) is 0. The predicted octanol–water partition coefficient (Wildman–Crippen LogP) is 2.83. The van der Waals surface area contributed by atoms with Crippen molar-refractivity contribution in [2.75, 3.05) is 6.61 Å². The molecule has 0 radical (unpaired) electrons. The van der Waals surface area contributed by atoms with Gasteiger partial charge in [-0.25, -0.2) is 0 Å². The summed E-state index contributed by atoms with van der Waals surface area (Å²) in [6, 6.07) is 0. The van der Waals surface area contributed by atoms with Crippen LogP contribution in [0.2, 0.25) is 0 Å². The predicted molar refractivity (Wildman–Crippen MR) is 62.8 cm³/mol. The third-order valence-corrected chi connectivity index (χ3v) is 2.50. The zero-order chi connectivity index (χ0) is 11.1. The monoisotopic (exact) mass is 210 g/mol. The van der Waals surface area contributed by atoms with Crippen LogP contribution in [-0.4, -0.2) is 23.9 Å². The van der Waals surface area contributed by atoms with Gasteiger partial charge in [-0.15, -0.1) is 0 Å². The fourth-order valence-corrected chi connectivity index (χ4v) is 1.64. The van der Waals surface area contributed by atoms with Crippen LogP contribution in [0.4, 0.5) is 0 Å². The van der Waals surface area contributed by atoms with Gasteiger partial charge in [0.15, 0.2) is 0 Å². The second-order valence-electron chi connectivity index (χ2n) is 4.19. The minimum Gasteiger partial charge on any atom is -0.393 e. The molecule has 0 fully saturated rings. The average Bonchev–Trinajstić information content (AvgIpc) is 2.20. The Morgan fingerprint density at radius 3 is 2.93 bits per heavy atom. The highest BCUT2D eigenvalue weighted by Gasteiger charge is 2.09. The largest absolute Gasteiger partial charge is 0.393 e. The van der Waals surface area contributed by atoms with E-state index in [0.29, 0.717) is 0 Å². The van der Waals surface area contributed by atoms with Crippen molar-refractivity contribution in [2.24, 2.45) is 0 Å². The number of hydrogen-bond donors (Lipinski definition) is 1. The summed E-state index contributed by atoms with van der Waals surface area (Å²) < 4.78 is 5.68. The Morgan fingerprint density at radius 1 is 1.60 bits per heavy atom. The zero-order valence-electron chi connectivity index (χ0n) is 9.78. The van der Waals surface area contributed by atoms with Crippen molar-refractivity contribution in [1.82, 2.24) is 0 Å². The molecule has 86 valence electrons. The Bertz CT molecular complexity index is 229. The van der Waals surface area contributed by atoms with E-state index in [0.717, 1.165) is 25.9 Å². The normalized spacial score (nSPS) is 22.6. The van der Waals surface area contributed by atoms with E-state index in [-0.39, 0.29) is 12.2 Å². The second kappa shape index (κ2) is 6.81. The molecule has 1 rings (SSSR count). The zero-order valence-corrected chi connectivity index (χ0v) is 9.78. The number of ether oxygens (including phenoxy) is 1. The van der Waals surface area contributed by atoms with E-state index in [9.17, 15) is 5.11 Å². The van der Waals surface area contributed by atoms with E-state index in [2.05, 4.69) is 25.2 Å². The maximum Gasteiger partial charge on any atom is 0.0793 e. The van der Waals surface area contributed by atoms with Crippen molar-refractivity contribution >= 4 is 0 Å². The van der Waals surface area contributed by atoms with Gasteiger partial charge in [-0.2, -0.15) is 0 Å². The van der Waals surface area contributed by atoms with E-state index in [1.165, 1.54) is 12.0 Å². The molecule has 15 heavy (non-hydrogen) atoms. The van der Waals surface area contributed by atoms with E-state index in [1.807, 2.05) is 6.92 Å². The molecule has 0 saturated carbocycles. The van der Waals surface area contributed by atoms with Crippen molar-refractivity contribution in [1.29, 1.82) is 0 Å². The molecule has 0 amide bonds. The minimum atomic E-state index is -0.251. The van der Waals surface area contributed by atoms with Crippen molar-refractivity contribution in [3.63, 3.8) is 0 Å². The lowest BCUT2D eigenvalue weighted by atomic mass is 10.0. The number of aliphatic hydroxyl groups is 1. The van der Waals surface area contributed by atoms with Crippen LogP contribution < -0.4 is 0 Å². The summed E-state index contributed by atoms with van der Waals surface area (Å²) in [7, 11) is 0. The number of allylic oxidation sites excluding steroid dienone is 1. The van der Waals surface area contributed by atoms with Crippen LogP contribution in [0, 0.1) is 0 Å². The summed E-state index contributed by atoms with van der Waals surface area (Å²) in [6.07, 6.45) is 10.4. The Morgan fingerprint density at radius 2 is 2.40 bits per heavy atom. The lowest BCUT2D eigenvalue weighted by Crippen LogP contribution is -2.13. The van der Waals surface area contributed by atoms with E-state index in [1.54, 1.807) is 0 Å². The summed E-state index contributed by atoms with van der Waals surface area (Å²) in [5.41, 5.74) is 1.22. The van der Waals surface area contributed by atoms with Crippen molar-refractivity contribution in [3.05, 3.63) is 23.8 Å². The summed E-state index contributed by atoms with van der Waals surface area (Å²) in [4.78, 5) is 0. The molecule has 0 bridgehead atoms. The topological polar surface area (TPSA) is 29.5 Å². The summed E-state index contributed by atoms with van der Waals surface area (Å²) in [6.45, 7) is 4.84. The van der Waals surface area contributed by atoms with Gasteiger partial charge >= 0.3 is 0 Å². The molecule has 2 unspecified atom stereocenters. The smallest absolute Gasteiger partial charge is 0.0793 e. The summed E-state index contributed by atoms with van der Waals surface area (Å²) >= 11 is 0. The molecule has 2 nitrogen and oxygen atoms in total. The van der Waals surface area contributed by atoms with Crippen LogP contribution in [0.3, 0.4) is 0 Å². The third-order valence-electron chi connectivity index (χ3n) is 2.50. The first-order valence-corrected chi connectivity index (χ1v) is 5.89. The molecule has 0 spiro atoms. The van der Waals surface area contributed by atoms with Gasteiger partial charge in [0.2, 0.25) is 0 Å². The van der Waals surface area contributed by atoms with E-state index in [4.69, 9.17) is 4.74 Å². The van der Waals surface area contributed by atoms with Crippen LogP contribution in [0.1, 0.15) is 39.5 Å². The standard InChI is InChI=1S/C13H22O2/c1-3-4-9-15-13-7-5-12(6-8-13)10-11(2)14/h5-7,11,13-14H,3-4,8-10H2,1-2H3. The molecule has 1 aliphatic rings. The molecule has 0 saturated heterocycles. The fraction of sp³-hybridized carbons (Fsp3) is 0.692. The van der Waals surface area contributed by atoms with Crippen LogP contribution in [0.5, 0.6) is 0 Å². The lowest BCUT2D eigenvalue weighted by molar-refractivity contribution is 0.0836. The maximum absolute atomic E-state index is 9.24. The van der Waals surface area contributed by atoms with Gasteiger partial charge < -0.3 is 9.84 Å². The SMILES string of the molecule is CCCCOC1C=CC(CC(C)O)=CC1. The van der Waals surface area contributed by atoms with Crippen molar-refractivity contribution < 1.29 is 9.84 Å². The molecule has 0 heterocycles. The first-order chi connectivity index (χ1) is 7.22. The Kier molecular flexibility index (Phi) is 5.66. The quantitative estimate of drug-likeness (QED) is 0.683. The average molecular weight is 210 g/mol. The number of rotatable bonds is 6.